The molecule has 0 aromatic heterocycles. The number of nitrogens with one attached hydrogen (secondary N) is 1. The van der Waals surface area contributed by atoms with Gasteiger partial charge in [-0.15, -0.1) is 0 Å². The zero-order chi connectivity index (χ0) is 8.41. The van der Waals surface area contributed by atoms with Gasteiger partial charge in [0.05, 0.1) is 0 Å². The molecule has 0 aromatic carbocycles. The van der Waals surface area contributed by atoms with E-state index >= 15 is 0 Å². The van der Waals surface area contributed by atoms with E-state index in [1.807, 2.05) is 20.8 Å². The van der Waals surface area contributed by atoms with E-state index in [0.717, 1.165) is 0 Å². The van der Waals surface area contributed by atoms with Gasteiger partial charge in [0.2, 0.25) is 0 Å². The lowest BCUT2D eigenvalue weighted by Gasteiger charge is -1.88. The minimum Gasteiger partial charge on any atom is -0.346 e. The molecule has 0 aliphatic rings. The normalized spacial score (nSPS) is 6.00. The van der Waals surface area contributed by atoms with Crippen LogP contribution in [0.1, 0.15) is 27.7 Å². The van der Waals surface area contributed by atoms with Gasteiger partial charge in [0.15, 0.2) is 0 Å². The second-order valence-corrected chi connectivity index (χ2v) is 1.23. The van der Waals surface area contributed by atoms with Gasteiger partial charge in [-0.05, 0) is 19.8 Å². The van der Waals surface area contributed by atoms with Gasteiger partial charge in [-0.2, -0.15) is 0 Å². The standard InChI is InChI=1S/C6H9NO.C2H6/c1-3-5-6(8)7-4-2;1-2/h4H2,1-2H3,(H,7,8);1-2H3. The summed E-state index contributed by atoms with van der Waals surface area (Å²) in [5.41, 5.74) is 0. The van der Waals surface area contributed by atoms with Crippen molar-refractivity contribution in [2.45, 2.75) is 27.7 Å². The molecule has 0 aromatic rings. The van der Waals surface area contributed by atoms with E-state index < -0.39 is 0 Å². The Bertz CT molecular complexity index is 130. The average Bonchev–Trinajstić information content (AvgIpc) is 1.93. The van der Waals surface area contributed by atoms with Crippen molar-refractivity contribution in [3.05, 3.63) is 0 Å². The van der Waals surface area contributed by atoms with Crippen LogP contribution >= 0.6 is 0 Å². The highest BCUT2D eigenvalue weighted by Gasteiger charge is 1.85. The Hall–Kier alpha value is -0.970. The van der Waals surface area contributed by atoms with Crippen molar-refractivity contribution in [1.29, 1.82) is 0 Å². The molecule has 0 spiro atoms. The zero-order valence-corrected chi connectivity index (χ0v) is 7.12. The van der Waals surface area contributed by atoms with E-state index in [-0.39, 0.29) is 5.91 Å². The van der Waals surface area contributed by atoms with Crippen LogP contribution in [0.4, 0.5) is 0 Å². The average molecular weight is 141 g/mol. The van der Waals surface area contributed by atoms with Gasteiger partial charge in [0.25, 0.3) is 5.91 Å². The van der Waals surface area contributed by atoms with E-state index in [2.05, 4.69) is 17.2 Å². The van der Waals surface area contributed by atoms with Gasteiger partial charge in [-0.1, -0.05) is 19.8 Å². The fraction of sp³-hybridized carbons (Fsp3) is 0.625. The summed E-state index contributed by atoms with van der Waals surface area (Å²) in [5, 5.41) is 2.53. The lowest BCUT2D eigenvalue weighted by Crippen LogP contribution is -2.20. The molecule has 0 unspecified atom stereocenters. The van der Waals surface area contributed by atoms with Gasteiger partial charge in [-0.25, -0.2) is 0 Å². The Morgan fingerprint density at radius 2 is 2.00 bits per heavy atom. The molecule has 0 fully saturated rings. The number of amides is 1. The molecule has 0 saturated carbocycles. The van der Waals surface area contributed by atoms with Gasteiger partial charge < -0.3 is 5.32 Å². The predicted molar refractivity (Wildman–Crippen MR) is 43.5 cm³/mol. The Morgan fingerprint density at radius 3 is 2.30 bits per heavy atom. The topological polar surface area (TPSA) is 29.1 Å². The van der Waals surface area contributed by atoms with Crippen molar-refractivity contribution in [2.24, 2.45) is 0 Å². The highest BCUT2D eigenvalue weighted by atomic mass is 16.1. The summed E-state index contributed by atoms with van der Waals surface area (Å²) in [6.45, 7) is 8.14. The summed E-state index contributed by atoms with van der Waals surface area (Å²) in [6.07, 6.45) is 0. The lowest BCUT2D eigenvalue weighted by atomic mass is 10.5. The molecule has 58 valence electrons. The third-order valence-corrected chi connectivity index (χ3v) is 0.576. The molecule has 0 bridgehead atoms. The first kappa shape index (κ1) is 11.8. The summed E-state index contributed by atoms with van der Waals surface area (Å²) in [5.74, 6) is 4.64. The molecule has 2 heteroatoms. The molecule has 1 N–H and O–H groups in total. The van der Waals surface area contributed by atoms with Crippen LogP contribution in [0.2, 0.25) is 0 Å². The first-order valence-electron chi connectivity index (χ1n) is 3.51. The Balaban J connectivity index is 0. The van der Waals surface area contributed by atoms with E-state index in [1.54, 1.807) is 6.92 Å². The van der Waals surface area contributed by atoms with Crippen LogP contribution in [0.25, 0.3) is 0 Å². The summed E-state index contributed by atoms with van der Waals surface area (Å²) in [6, 6.07) is 0. The van der Waals surface area contributed by atoms with Crippen molar-refractivity contribution in [3.8, 4) is 11.8 Å². The number of carbonyl (C=O) groups excluding carboxylic acids is 1. The number of carbonyl (C=O) groups is 1. The number of hydrogen-bond acceptors (Lipinski definition) is 1. The van der Waals surface area contributed by atoms with E-state index in [4.69, 9.17) is 0 Å². The van der Waals surface area contributed by atoms with Crippen molar-refractivity contribution < 1.29 is 4.79 Å². The minimum absolute atomic E-state index is 0.199. The summed E-state index contributed by atoms with van der Waals surface area (Å²) >= 11 is 0. The van der Waals surface area contributed by atoms with Crippen LogP contribution < -0.4 is 5.32 Å². The molecule has 0 atom stereocenters. The van der Waals surface area contributed by atoms with Crippen LogP contribution in [0.3, 0.4) is 0 Å². The molecule has 1 amide bonds. The maximum absolute atomic E-state index is 10.4. The third-order valence-electron chi connectivity index (χ3n) is 0.576. The lowest BCUT2D eigenvalue weighted by molar-refractivity contribution is -0.115. The Labute approximate surface area is 63.0 Å². The molecule has 0 saturated heterocycles. The van der Waals surface area contributed by atoms with Crippen LogP contribution in [0, 0.1) is 11.8 Å². The van der Waals surface area contributed by atoms with Gasteiger partial charge in [-0.3, -0.25) is 4.79 Å². The fourth-order valence-electron chi connectivity index (χ4n) is 0.318. The monoisotopic (exact) mass is 141 g/mol. The highest BCUT2D eigenvalue weighted by Crippen LogP contribution is 1.58. The molecule has 2 nitrogen and oxygen atoms in total. The minimum atomic E-state index is -0.199. The first-order chi connectivity index (χ1) is 4.81. The maximum atomic E-state index is 10.4. The summed E-state index contributed by atoms with van der Waals surface area (Å²) < 4.78 is 0. The molecule has 0 radical (unpaired) electrons. The Kier molecular flexibility index (Phi) is 12.9. The number of rotatable bonds is 1. The van der Waals surface area contributed by atoms with Crippen LogP contribution in [-0.4, -0.2) is 12.5 Å². The molecule has 10 heavy (non-hydrogen) atoms. The van der Waals surface area contributed by atoms with Crippen molar-refractivity contribution >= 4 is 5.91 Å². The van der Waals surface area contributed by atoms with Gasteiger partial charge in [0.1, 0.15) is 0 Å². The van der Waals surface area contributed by atoms with E-state index in [0.29, 0.717) is 6.54 Å². The summed E-state index contributed by atoms with van der Waals surface area (Å²) in [7, 11) is 0. The maximum Gasteiger partial charge on any atom is 0.295 e. The molecular formula is C8H15NO. The van der Waals surface area contributed by atoms with Crippen molar-refractivity contribution in [3.63, 3.8) is 0 Å². The smallest absolute Gasteiger partial charge is 0.295 e. The molecule has 0 heterocycles. The van der Waals surface area contributed by atoms with Crippen LogP contribution in [0.15, 0.2) is 0 Å². The van der Waals surface area contributed by atoms with Crippen molar-refractivity contribution in [1.82, 2.24) is 5.32 Å². The second kappa shape index (κ2) is 10.9. The second-order valence-electron chi connectivity index (χ2n) is 1.23. The molecule has 0 aliphatic heterocycles. The van der Waals surface area contributed by atoms with Gasteiger partial charge >= 0.3 is 0 Å². The molecule has 0 rings (SSSR count). The number of hydrogen-bond donors (Lipinski definition) is 1. The summed E-state index contributed by atoms with van der Waals surface area (Å²) in [4.78, 5) is 10.4. The Morgan fingerprint density at radius 1 is 1.50 bits per heavy atom. The quantitative estimate of drug-likeness (QED) is 0.546. The first-order valence-corrected chi connectivity index (χ1v) is 3.51. The third kappa shape index (κ3) is 10.1. The molecular weight excluding hydrogens is 126 g/mol. The van der Waals surface area contributed by atoms with E-state index in [9.17, 15) is 4.79 Å². The van der Waals surface area contributed by atoms with E-state index in [1.165, 1.54) is 0 Å². The van der Waals surface area contributed by atoms with Crippen molar-refractivity contribution in [2.75, 3.05) is 6.54 Å². The zero-order valence-electron chi connectivity index (χ0n) is 7.12. The molecule has 0 aliphatic carbocycles. The predicted octanol–water partition coefficient (Wildman–Crippen LogP) is 1.17. The van der Waals surface area contributed by atoms with Crippen LogP contribution in [-0.2, 0) is 4.79 Å². The van der Waals surface area contributed by atoms with Crippen LogP contribution in [0.5, 0.6) is 0 Å². The fourth-order valence-corrected chi connectivity index (χ4v) is 0.318. The SMILES string of the molecule is CC.CC#CC(=O)NCC. The highest BCUT2D eigenvalue weighted by molar-refractivity contribution is 5.93. The van der Waals surface area contributed by atoms with Gasteiger partial charge in [0, 0.05) is 6.54 Å². The largest absolute Gasteiger partial charge is 0.346 e.